The Morgan fingerprint density at radius 3 is 2.19 bits per heavy atom. The smallest absolute Gasteiger partial charge is 0.342 e. The van der Waals surface area contributed by atoms with Gasteiger partial charge in [0.1, 0.15) is 11.2 Å². The molecule has 1 aliphatic heterocycles. The molecular formula is C18H26N2O6S. The van der Waals surface area contributed by atoms with Gasteiger partial charge >= 0.3 is 11.9 Å². The first-order valence-electron chi connectivity index (χ1n) is 8.71. The number of nitrogens with two attached hydrogens (primary N) is 1. The monoisotopic (exact) mass is 398 g/mol. The van der Waals surface area contributed by atoms with Gasteiger partial charge in [-0.15, -0.1) is 0 Å². The van der Waals surface area contributed by atoms with Crippen molar-refractivity contribution < 1.29 is 27.9 Å². The van der Waals surface area contributed by atoms with Crippen molar-refractivity contribution >= 4 is 33.2 Å². The molecule has 1 heterocycles. The molecule has 27 heavy (non-hydrogen) atoms. The quantitative estimate of drug-likeness (QED) is 0.584. The number of hydrogen-bond acceptors (Lipinski definition) is 7. The second kappa shape index (κ2) is 7.38. The molecule has 0 aromatic heterocycles. The van der Waals surface area contributed by atoms with Gasteiger partial charge in [-0.3, -0.25) is 0 Å². The normalized spacial score (nSPS) is 15.5. The highest BCUT2D eigenvalue weighted by molar-refractivity contribution is 7.90. The van der Waals surface area contributed by atoms with Crippen molar-refractivity contribution in [3.05, 3.63) is 17.2 Å². The van der Waals surface area contributed by atoms with Gasteiger partial charge in [0.15, 0.2) is 9.84 Å². The van der Waals surface area contributed by atoms with E-state index in [2.05, 4.69) is 0 Å². The predicted octanol–water partition coefficient (Wildman–Crippen LogP) is 2.32. The second-order valence-electron chi connectivity index (χ2n) is 7.69. The number of carbonyl (C=O) groups is 2. The van der Waals surface area contributed by atoms with Crippen LogP contribution in [-0.4, -0.2) is 50.4 Å². The summed E-state index contributed by atoms with van der Waals surface area (Å²) in [4.78, 5) is 25.9. The van der Waals surface area contributed by atoms with E-state index in [1.807, 2.05) is 0 Å². The van der Waals surface area contributed by atoms with Gasteiger partial charge in [-0.25, -0.2) is 18.0 Å². The third kappa shape index (κ3) is 4.71. The van der Waals surface area contributed by atoms with Crippen LogP contribution in [0.1, 0.15) is 60.7 Å². The number of piperidine rings is 1. The average molecular weight is 398 g/mol. The number of hydrogen-bond donors (Lipinski definition) is 2. The number of nitrogen functional groups attached to an aromatic ring is 1. The molecule has 1 aliphatic rings. The predicted molar refractivity (Wildman–Crippen MR) is 102 cm³/mol. The summed E-state index contributed by atoms with van der Waals surface area (Å²) in [5, 5.41) is 9.63. The standard InChI is InChI=1S/C18H26N2O6S/c1-18(2,3)26-17(23)13-12(27(4,24)25)10-11(16(21)22)15(14(13)19)20-8-6-5-7-9-20/h10H,5-9,19H2,1-4H3,(H,21,22). The molecule has 9 heteroatoms. The number of carbonyl (C=O) groups excluding carboxylic acids is 1. The third-order valence-electron chi connectivity index (χ3n) is 4.21. The maximum Gasteiger partial charge on any atom is 0.342 e. The molecule has 1 fully saturated rings. The number of rotatable bonds is 4. The number of benzene rings is 1. The van der Waals surface area contributed by atoms with Crippen molar-refractivity contribution in [1.82, 2.24) is 0 Å². The van der Waals surface area contributed by atoms with Crippen LogP contribution in [0, 0.1) is 0 Å². The van der Waals surface area contributed by atoms with Gasteiger partial charge in [-0.2, -0.15) is 0 Å². The largest absolute Gasteiger partial charge is 0.478 e. The Balaban J connectivity index is 2.79. The molecule has 0 saturated carbocycles. The maximum absolute atomic E-state index is 12.7. The average Bonchev–Trinajstić information content (AvgIpc) is 2.51. The minimum absolute atomic E-state index is 0.175. The first kappa shape index (κ1) is 21.0. The highest BCUT2D eigenvalue weighted by Gasteiger charge is 2.33. The fraction of sp³-hybridized carbons (Fsp3) is 0.556. The number of ether oxygens (including phenoxy) is 1. The third-order valence-corrected chi connectivity index (χ3v) is 5.33. The molecule has 0 bridgehead atoms. The van der Waals surface area contributed by atoms with Crippen LogP contribution in [0.5, 0.6) is 0 Å². The van der Waals surface area contributed by atoms with Crippen LogP contribution in [-0.2, 0) is 14.6 Å². The molecule has 1 aromatic carbocycles. The number of aromatic carboxylic acids is 1. The minimum atomic E-state index is -3.92. The lowest BCUT2D eigenvalue weighted by molar-refractivity contribution is 0.00660. The fourth-order valence-electron chi connectivity index (χ4n) is 3.12. The molecule has 1 aromatic rings. The van der Waals surface area contributed by atoms with Gasteiger partial charge in [-0.05, 0) is 46.1 Å². The van der Waals surface area contributed by atoms with Crippen LogP contribution in [0.2, 0.25) is 0 Å². The lowest BCUT2D eigenvalue weighted by Gasteiger charge is -2.32. The number of carboxylic acid groups (broad SMARTS) is 1. The zero-order valence-corrected chi connectivity index (χ0v) is 16.9. The van der Waals surface area contributed by atoms with Crippen LogP contribution in [0.4, 0.5) is 11.4 Å². The first-order chi connectivity index (χ1) is 12.3. The van der Waals surface area contributed by atoms with E-state index in [0.29, 0.717) is 13.1 Å². The Hall–Kier alpha value is -2.29. The Morgan fingerprint density at radius 1 is 1.19 bits per heavy atom. The highest BCUT2D eigenvalue weighted by atomic mass is 32.2. The number of sulfone groups is 1. The number of esters is 1. The molecule has 1 saturated heterocycles. The molecule has 0 atom stereocenters. The zero-order valence-electron chi connectivity index (χ0n) is 16.0. The van der Waals surface area contributed by atoms with Crippen molar-refractivity contribution in [3.63, 3.8) is 0 Å². The van der Waals surface area contributed by atoms with E-state index in [-0.39, 0.29) is 22.5 Å². The fourth-order valence-corrected chi connectivity index (χ4v) is 4.02. The number of anilines is 2. The summed E-state index contributed by atoms with van der Waals surface area (Å²) in [6.45, 7) is 6.11. The van der Waals surface area contributed by atoms with Gasteiger partial charge < -0.3 is 20.5 Å². The highest BCUT2D eigenvalue weighted by Crippen LogP contribution is 2.38. The van der Waals surface area contributed by atoms with Crippen molar-refractivity contribution in [2.75, 3.05) is 30.0 Å². The van der Waals surface area contributed by atoms with Gasteiger partial charge in [-0.1, -0.05) is 0 Å². The Bertz CT molecular complexity index is 865. The van der Waals surface area contributed by atoms with E-state index in [9.17, 15) is 23.1 Å². The van der Waals surface area contributed by atoms with Crippen molar-refractivity contribution in [2.45, 2.75) is 50.5 Å². The summed E-state index contributed by atoms with van der Waals surface area (Å²) < 4.78 is 29.9. The molecule has 0 radical (unpaired) electrons. The molecule has 8 nitrogen and oxygen atoms in total. The summed E-state index contributed by atoms with van der Waals surface area (Å²) in [5.41, 5.74) is 4.79. The van der Waals surface area contributed by atoms with Gasteiger partial charge in [0.25, 0.3) is 0 Å². The molecule has 0 amide bonds. The summed E-state index contributed by atoms with van der Waals surface area (Å²) >= 11 is 0. The van der Waals surface area contributed by atoms with Crippen LogP contribution in [0.25, 0.3) is 0 Å². The van der Waals surface area contributed by atoms with Gasteiger partial charge in [0, 0.05) is 19.3 Å². The van der Waals surface area contributed by atoms with Crippen LogP contribution < -0.4 is 10.6 Å². The lowest BCUT2D eigenvalue weighted by Crippen LogP contribution is -2.33. The SMILES string of the molecule is CC(C)(C)OC(=O)c1c(S(C)(=O)=O)cc(C(=O)O)c(N2CCCCC2)c1N. The second-order valence-corrected chi connectivity index (χ2v) is 9.67. The molecule has 0 unspecified atom stereocenters. The molecule has 2 rings (SSSR count). The lowest BCUT2D eigenvalue weighted by atomic mass is 10.0. The number of carboxylic acids is 1. The van der Waals surface area contributed by atoms with E-state index < -0.39 is 32.3 Å². The van der Waals surface area contributed by atoms with Gasteiger partial charge in [0.2, 0.25) is 0 Å². The van der Waals surface area contributed by atoms with E-state index >= 15 is 0 Å². The summed E-state index contributed by atoms with van der Waals surface area (Å²) in [6.07, 6.45) is 3.63. The van der Waals surface area contributed by atoms with E-state index in [4.69, 9.17) is 10.5 Å². The van der Waals surface area contributed by atoms with E-state index in [1.54, 1.807) is 25.7 Å². The Kier molecular flexibility index (Phi) is 5.74. The van der Waals surface area contributed by atoms with E-state index in [1.165, 1.54) is 0 Å². The van der Waals surface area contributed by atoms with Crippen LogP contribution in [0.3, 0.4) is 0 Å². The first-order valence-corrected chi connectivity index (χ1v) is 10.6. The summed E-state index contributed by atoms with van der Waals surface area (Å²) in [7, 11) is -3.92. The summed E-state index contributed by atoms with van der Waals surface area (Å²) in [6, 6.07) is 1.01. The summed E-state index contributed by atoms with van der Waals surface area (Å²) in [5.74, 6) is -2.20. The Morgan fingerprint density at radius 2 is 1.74 bits per heavy atom. The van der Waals surface area contributed by atoms with E-state index in [0.717, 1.165) is 31.6 Å². The maximum atomic E-state index is 12.7. The molecule has 0 aliphatic carbocycles. The zero-order chi connectivity index (χ0) is 20.6. The van der Waals surface area contributed by atoms with Crippen molar-refractivity contribution in [1.29, 1.82) is 0 Å². The van der Waals surface area contributed by atoms with Crippen LogP contribution in [0.15, 0.2) is 11.0 Å². The molecule has 3 N–H and O–H groups in total. The van der Waals surface area contributed by atoms with Crippen molar-refractivity contribution in [2.24, 2.45) is 0 Å². The van der Waals surface area contributed by atoms with Crippen LogP contribution >= 0.6 is 0 Å². The minimum Gasteiger partial charge on any atom is -0.478 e. The van der Waals surface area contributed by atoms with Gasteiger partial charge in [0.05, 0.1) is 21.8 Å². The molecule has 150 valence electrons. The topological polar surface area (TPSA) is 127 Å². The number of nitrogens with zero attached hydrogens (tertiary/aromatic N) is 1. The molecular weight excluding hydrogens is 372 g/mol. The van der Waals surface area contributed by atoms with Crippen molar-refractivity contribution in [3.8, 4) is 0 Å². The molecule has 0 spiro atoms. The Labute approximate surface area is 159 Å².